The van der Waals surface area contributed by atoms with Gasteiger partial charge < -0.3 is 14.6 Å². The maximum Gasteiger partial charge on any atom is 0.407 e. The van der Waals surface area contributed by atoms with Crippen LogP contribution in [0.2, 0.25) is 0 Å². The standard InChI is InChI=1S/C10H11F2NO5S/c11-10(12,19(15,16)17)7-18-9(14)13-6-8-4-2-1-3-5-8/h1-5H,6-7H2,(H,13,14)(H,15,16,17)/p-1. The summed E-state index contributed by atoms with van der Waals surface area (Å²) in [7, 11) is -5.85. The molecule has 0 spiro atoms. The molecule has 0 fully saturated rings. The Labute approximate surface area is 108 Å². The van der Waals surface area contributed by atoms with Crippen molar-refractivity contribution in [2.24, 2.45) is 0 Å². The number of benzene rings is 1. The van der Waals surface area contributed by atoms with E-state index >= 15 is 0 Å². The van der Waals surface area contributed by atoms with Crippen LogP contribution in [0.5, 0.6) is 0 Å². The average molecular weight is 294 g/mol. The number of alkyl halides is 2. The predicted molar refractivity (Wildman–Crippen MR) is 59.3 cm³/mol. The van der Waals surface area contributed by atoms with E-state index in [0.29, 0.717) is 5.56 Å². The third-order valence-electron chi connectivity index (χ3n) is 2.02. The van der Waals surface area contributed by atoms with Gasteiger partial charge in [-0.05, 0) is 5.56 Å². The first-order chi connectivity index (χ1) is 8.72. The second-order valence-electron chi connectivity index (χ2n) is 3.51. The number of carbonyl (C=O) groups is 1. The molecule has 1 aromatic carbocycles. The zero-order valence-electron chi connectivity index (χ0n) is 9.51. The molecular formula is C10H10F2NO5S-. The topological polar surface area (TPSA) is 95.5 Å². The molecule has 1 aromatic rings. The highest BCUT2D eigenvalue weighted by Crippen LogP contribution is 2.20. The van der Waals surface area contributed by atoms with Crippen LogP contribution in [0.25, 0.3) is 0 Å². The van der Waals surface area contributed by atoms with Crippen LogP contribution >= 0.6 is 0 Å². The Bertz CT molecular complexity index is 532. The molecule has 0 unspecified atom stereocenters. The van der Waals surface area contributed by atoms with Crippen molar-refractivity contribution in [3.05, 3.63) is 35.9 Å². The van der Waals surface area contributed by atoms with Gasteiger partial charge in [0, 0.05) is 6.54 Å². The van der Waals surface area contributed by atoms with Gasteiger partial charge in [-0.2, -0.15) is 8.78 Å². The first kappa shape index (κ1) is 15.3. The maximum atomic E-state index is 12.6. The van der Waals surface area contributed by atoms with Crippen LogP contribution in [-0.2, 0) is 21.4 Å². The summed E-state index contributed by atoms with van der Waals surface area (Å²) in [5, 5.41) is -2.51. The monoisotopic (exact) mass is 294 g/mol. The van der Waals surface area contributed by atoms with Gasteiger partial charge in [0.25, 0.3) is 0 Å². The van der Waals surface area contributed by atoms with E-state index < -0.39 is 28.1 Å². The summed E-state index contributed by atoms with van der Waals surface area (Å²) in [4.78, 5) is 11.0. The van der Waals surface area contributed by atoms with Crippen molar-refractivity contribution >= 4 is 16.2 Å². The number of nitrogens with one attached hydrogen (secondary N) is 1. The summed E-state index contributed by atoms with van der Waals surface area (Å²) in [5.74, 6) is 0. The van der Waals surface area contributed by atoms with Crippen LogP contribution in [0.15, 0.2) is 30.3 Å². The highest BCUT2D eigenvalue weighted by Gasteiger charge is 2.39. The summed E-state index contributed by atoms with van der Waals surface area (Å²) in [5.41, 5.74) is 0.697. The molecule has 9 heteroatoms. The molecule has 0 saturated heterocycles. The fourth-order valence-corrected chi connectivity index (χ4v) is 1.25. The maximum absolute atomic E-state index is 12.6. The summed E-state index contributed by atoms with van der Waals surface area (Å²) in [6.07, 6.45) is -1.24. The van der Waals surface area contributed by atoms with Crippen molar-refractivity contribution in [3.63, 3.8) is 0 Å². The third kappa shape index (κ3) is 4.79. The molecule has 0 aliphatic rings. The summed E-state index contributed by atoms with van der Waals surface area (Å²) >= 11 is 0. The minimum absolute atomic E-state index is 0.0232. The van der Waals surface area contributed by atoms with E-state index in [1.807, 2.05) is 0 Å². The van der Waals surface area contributed by atoms with E-state index in [1.54, 1.807) is 30.3 Å². The van der Waals surface area contributed by atoms with Gasteiger partial charge in [0.15, 0.2) is 16.7 Å². The predicted octanol–water partition coefficient (Wildman–Crippen LogP) is 1.05. The van der Waals surface area contributed by atoms with E-state index in [2.05, 4.69) is 10.1 Å². The molecular weight excluding hydrogens is 284 g/mol. The lowest BCUT2D eigenvalue weighted by Crippen LogP contribution is -2.36. The number of halogens is 2. The molecule has 0 heterocycles. The molecule has 6 nitrogen and oxygen atoms in total. The van der Waals surface area contributed by atoms with Gasteiger partial charge in [-0.15, -0.1) is 0 Å². The number of hydrogen-bond donors (Lipinski definition) is 1. The van der Waals surface area contributed by atoms with Gasteiger partial charge in [0.05, 0.1) is 0 Å². The average Bonchev–Trinajstić information content (AvgIpc) is 2.34. The molecule has 0 bridgehead atoms. The largest absolute Gasteiger partial charge is 0.743 e. The first-order valence-electron chi connectivity index (χ1n) is 5.00. The van der Waals surface area contributed by atoms with Crippen molar-refractivity contribution in [1.82, 2.24) is 5.32 Å². The smallest absolute Gasteiger partial charge is 0.407 e. The second-order valence-corrected chi connectivity index (χ2v) is 5.01. The molecule has 1 rings (SSSR count). The summed E-state index contributed by atoms with van der Waals surface area (Å²) in [6.45, 7) is -1.80. The zero-order chi connectivity index (χ0) is 14.5. The van der Waals surface area contributed by atoms with Crippen molar-refractivity contribution in [2.45, 2.75) is 11.8 Å². The van der Waals surface area contributed by atoms with Crippen molar-refractivity contribution < 1.29 is 31.3 Å². The molecule has 0 saturated carbocycles. The molecule has 0 aliphatic heterocycles. The summed E-state index contributed by atoms with van der Waals surface area (Å²) < 4.78 is 59.7. The Morgan fingerprint density at radius 3 is 2.42 bits per heavy atom. The zero-order valence-corrected chi connectivity index (χ0v) is 10.3. The first-order valence-corrected chi connectivity index (χ1v) is 6.41. The normalized spacial score (nSPS) is 11.9. The van der Waals surface area contributed by atoms with Crippen LogP contribution in [0.1, 0.15) is 5.56 Å². The Balaban J connectivity index is 2.41. The SMILES string of the molecule is O=C(NCc1ccccc1)OCC(F)(F)S(=O)(=O)[O-]. The van der Waals surface area contributed by atoms with Gasteiger partial charge in [-0.1, -0.05) is 30.3 Å². The Morgan fingerprint density at radius 1 is 1.32 bits per heavy atom. The fraction of sp³-hybridized carbons (Fsp3) is 0.300. The quantitative estimate of drug-likeness (QED) is 0.819. The number of hydrogen-bond acceptors (Lipinski definition) is 5. The van der Waals surface area contributed by atoms with Gasteiger partial charge in [0.2, 0.25) is 0 Å². The lowest BCUT2D eigenvalue weighted by atomic mass is 10.2. The minimum Gasteiger partial charge on any atom is -0.743 e. The number of rotatable bonds is 5. The van der Waals surface area contributed by atoms with E-state index in [9.17, 15) is 26.5 Å². The van der Waals surface area contributed by atoms with E-state index in [4.69, 9.17) is 0 Å². The highest BCUT2D eigenvalue weighted by molar-refractivity contribution is 7.86. The van der Waals surface area contributed by atoms with Crippen LogP contribution in [-0.4, -0.2) is 30.9 Å². The summed E-state index contributed by atoms with van der Waals surface area (Å²) in [6, 6.07) is 8.52. The molecule has 106 valence electrons. The minimum atomic E-state index is -5.85. The van der Waals surface area contributed by atoms with Crippen molar-refractivity contribution in [3.8, 4) is 0 Å². The van der Waals surface area contributed by atoms with Crippen LogP contribution in [0.3, 0.4) is 0 Å². The van der Waals surface area contributed by atoms with Gasteiger partial charge in [-0.25, -0.2) is 13.2 Å². The number of amides is 1. The Hall–Kier alpha value is -1.74. The lowest BCUT2D eigenvalue weighted by molar-refractivity contribution is 0.00660. The molecule has 0 atom stereocenters. The van der Waals surface area contributed by atoms with Crippen LogP contribution in [0, 0.1) is 0 Å². The van der Waals surface area contributed by atoms with E-state index in [1.165, 1.54) is 0 Å². The lowest BCUT2D eigenvalue weighted by Gasteiger charge is -2.19. The fourth-order valence-electron chi connectivity index (χ4n) is 1.04. The van der Waals surface area contributed by atoms with Crippen molar-refractivity contribution in [1.29, 1.82) is 0 Å². The van der Waals surface area contributed by atoms with Gasteiger partial charge in [0.1, 0.15) is 0 Å². The third-order valence-corrected chi connectivity index (χ3v) is 2.87. The number of ether oxygens (including phenoxy) is 1. The molecule has 0 aromatic heterocycles. The van der Waals surface area contributed by atoms with Crippen LogP contribution in [0.4, 0.5) is 13.6 Å². The number of alkyl carbamates (subject to hydrolysis) is 1. The molecule has 0 radical (unpaired) electrons. The van der Waals surface area contributed by atoms with Gasteiger partial charge in [-0.3, -0.25) is 0 Å². The second kappa shape index (κ2) is 5.93. The molecule has 0 aliphatic carbocycles. The van der Waals surface area contributed by atoms with Crippen LogP contribution < -0.4 is 5.32 Å². The van der Waals surface area contributed by atoms with E-state index in [-0.39, 0.29) is 6.54 Å². The number of carbonyl (C=O) groups excluding carboxylic acids is 1. The molecule has 19 heavy (non-hydrogen) atoms. The van der Waals surface area contributed by atoms with Crippen molar-refractivity contribution in [2.75, 3.05) is 6.61 Å². The Morgan fingerprint density at radius 2 is 1.89 bits per heavy atom. The molecule has 1 N–H and O–H groups in total. The highest BCUT2D eigenvalue weighted by atomic mass is 32.2. The van der Waals surface area contributed by atoms with Gasteiger partial charge >= 0.3 is 11.3 Å². The Kier molecular flexibility index (Phi) is 4.78. The van der Waals surface area contributed by atoms with E-state index in [0.717, 1.165) is 0 Å². The molecule has 1 amide bonds.